The number of benzene rings is 1. The van der Waals surface area contributed by atoms with Gasteiger partial charge >= 0.3 is 5.97 Å². The zero-order chi connectivity index (χ0) is 18.3. The average Bonchev–Trinajstić information content (AvgIpc) is 3.16. The normalized spacial score (nSPS) is 31.3. The first-order chi connectivity index (χ1) is 11.8. The number of carbonyl (C=O) groups excluding carboxylic acids is 1. The molecule has 3 rings (SSSR count). The van der Waals surface area contributed by atoms with E-state index in [9.17, 15) is 9.18 Å². The maximum absolute atomic E-state index is 13.9. The van der Waals surface area contributed by atoms with Crippen LogP contribution in [0.4, 0.5) is 4.39 Å². The van der Waals surface area contributed by atoms with Crippen LogP contribution in [-0.2, 0) is 25.6 Å². The summed E-state index contributed by atoms with van der Waals surface area (Å²) in [6.45, 7) is 6.04. The minimum Gasteiger partial charge on any atom is -0.469 e. The van der Waals surface area contributed by atoms with Gasteiger partial charge in [0, 0.05) is 12.0 Å². The second kappa shape index (κ2) is 6.36. The number of halogens is 1. The second-order valence-electron chi connectivity index (χ2n) is 7.73. The lowest BCUT2D eigenvalue weighted by atomic mass is 9.66. The van der Waals surface area contributed by atoms with Crippen molar-refractivity contribution < 1.29 is 23.4 Å². The van der Waals surface area contributed by atoms with E-state index in [2.05, 4.69) is 6.92 Å². The maximum atomic E-state index is 13.9. The molecule has 0 spiro atoms. The van der Waals surface area contributed by atoms with Gasteiger partial charge in [-0.05, 0) is 39.2 Å². The molecule has 0 aromatic heterocycles. The molecule has 2 heterocycles. The highest BCUT2D eigenvalue weighted by atomic mass is 19.1. The van der Waals surface area contributed by atoms with Gasteiger partial charge in [-0.2, -0.15) is 0 Å². The quantitative estimate of drug-likeness (QED) is 0.727. The van der Waals surface area contributed by atoms with E-state index >= 15 is 0 Å². The first-order valence-corrected chi connectivity index (χ1v) is 8.94. The van der Waals surface area contributed by atoms with Gasteiger partial charge in [-0.1, -0.05) is 25.1 Å². The van der Waals surface area contributed by atoms with Crippen LogP contribution in [0, 0.1) is 11.2 Å². The molecule has 1 aromatic carbocycles. The molecule has 25 heavy (non-hydrogen) atoms. The number of esters is 1. The molecule has 3 atom stereocenters. The number of rotatable bonds is 6. The highest BCUT2D eigenvalue weighted by molar-refractivity contribution is 5.77. The molecule has 2 bridgehead atoms. The molecule has 0 N–H and O–H groups in total. The summed E-state index contributed by atoms with van der Waals surface area (Å²) in [4.78, 5) is 12.3. The van der Waals surface area contributed by atoms with Crippen molar-refractivity contribution in [2.45, 2.75) is 70.4 Å². The Morgan fingerprint density at radius 3 is 2.72 bits per heavy atom. The smallest absolute Gasteiger partial charge is 0.314 e. The first kappa shape index (κ1) is 18.3. The zero-order valence-electron chi connectivity index (χ0n) is 15.4. The molecule has 138 valence electrons. The molecule has 0 saturated carbocycles. The van der Waals surface area contributed by atoms with E-state index in [4.69, 9.17) is 14.2 Å². The second-order valence-corrected chi connectivity index (χ2v) is 7.73. The van der Waals surface area contributed by atoms with Crippen molar-refractivity contribution in [1.29, 1.82) is 0 Å². The maximum Gasteiger partial charge on any atom is 0.314 e. The van der Waals surface area contributed by atoms with Gasteiger partial charge in [0.1, 0.15) is 5.82 Å². The minimum atomic E-state index is -0.755. The van der Waals surface area contributed by atoms with Crippen LogP contribution in [0.15, 0.2) is 24.3 Å². The predicted octanol–water partition coefficient (Wildman–Crippen LogP) is 4.01. The van der Waals surface area contributed by atoms with Crippen LogP contribution < -0.4 is 0 Å². The number of hydrogen-bond donors (Lipinski definition) is 0. The number of ether oxygens (including phenoxy) is 3. The monoisotopic (exact) mass is 350 g/mol. The summed E-state index contributed by atoms with van der Waals surface area (Å²) in [6.07, 6.45) is 2.91. The topological polar surface area (TPSA) is 44.8 Å². The van der Waals surface area contributed by atoms with Crippen LogP contribution in [0.1, 0.15) is 52.0 Å². The van der Waals surface area contributed by atoms with Gasteiger partial charge < -0.3 is 14.2 Å². The summed E-state index contributed by atoms with van der Waals surface area (Å²) in [5.41, 5.74) is -1.21. The predicted molar refractivity (Wildman–Crippen MR) is 91.5 cm³/mol. The summed E-state index contributed by atoms with van der Waals surface area (Å²) < 4.78 is 31.5. The number of fused-ring (bicyclic) bond motifs is 2. The lowest BCUT2D eigenvalue weighted by Crippen LogP contribution is -2.49. The Bertz CT molecular complexity index is 659. The molecule has 5 heteroatoms. The van der Waals surface area contributed by atoms with E-state index in [1.54, 1.807) is 18.2 Å². The van der Waals surface area contributed by atoms with Gasteiger partial charge in [0.05, 0.1) is 36.4 Å². The number of methoxy groups -OCH3 is 1. The van der Waals surface area contributed by atoms with Crippen molar-refractivity contribution in [3.05, 3.63) is 35.6 Å². The Labute approximate surface area is 148 Å². The molecular formula is C20H27FO4. The molecule has 1 aromatic rings. The minimum absolute atomic E-state index is 0.158. The van der Waals surface area contributed by atoms with Crippen molar-refractivity contribution in [2.24, 2.45) is 5.41 Å². The zero-order valence-corrected chi connectivity index (χ0v) is 15.4. The standard InChI is InChI=1S/C20H27FO4/c1-5-19-10-11-20(25-19,18(2,3)17(22)23-4)12-16(19)24-13-14-8-6-7-9-15(14)21/h6-9,16H,5,10-13H2,1-4H3. The fourth-order valence-corrected chi connectivity index (χ4v) is 4.39. The van der Waals surface area contributed by atoms with Crippen LogP contribution in [0.2, 0.25) is 0 Å². The van der Waals surface area contributed by atoms with Crippen LogP contribution in [0.3, 0.4) is 0 Å². The molecular weight excluding hydrogens is 323 g/mol. The van der Waals surface area contributed by atoms with Crippen LogP contribution in [0.25, 0.3) is 0 Å². The summed E-state index contributed by atoms with van der Waals surface area (Å²) >= 11 is 0. The fraction of sp³-hybridized carbons (Fsp3) is 0.650. The molecule has 0 amide bonds. The largest absolute Gasteiger partial charge is 0.469 e. The molecule has 3 unspecified atom stereocenters. The SMILES string of the molecule is CCC12CCC(C(C)(C)C(=O)OC)(CC1OCc1ccccc1F)O2. The van der Waals surface area contributed by atoms with E-state index in [0.717, 1.165) is 19.3 Å². The van der Waals surface area contributed by atoms with Crippen LogP contribution in [0.5, 0.6) is 0 Å². The van der Waals surface area contributed by atoms with Crippen molar-refractivity contribution in [1.82, 2.24) is 0 Å². The third-order valence-corrected chi connectivity index (χ3v) is 6.28. The third kappa shape index (κ3) is 2.77. The Hall–Kier alpha value is -1.46. The molecule has 0 radical (unpaired) electrons. The molecule has 2 saturated heterocycles. The summed E-state index contributed by atoms with van der Waals surface area (Å²) in [5, 5.41) is 0. The van der Waals surface area contributed by atoms with Gasteiger partial charge in [-0.15, -0.1) is 0 Å². The first-order valence-electron chi connectivity index (χ1n) is 8.94. The lowest BCUT2D eigenvalue weighted by molar-refractivity contribution is -0.174. The number of carbonyl (C=O) groups is 1. The Morgan fingerprint density at radius 2 is 2.08 bits per heavy atom. The Kier molecular flexibility index (Phi) is 4.67. The average molecular weight is 350 g/mol. The van der Waals surface area contributed by atoms with E-state index in [1.807, 2.05) is 13.8 Å². The van der Waals surface area contributed by atoms with Crippen molar-refractivity contribution >= 4 is 5.97 Å². The van der Waals surface area contributed by atoms with Gasteiger partial charge in [0.2, 0.25) is 0 Å². The summed E-state index contributed by atoms with van der Waals surface area (Å²) in [6, 6.07) is 6.64. The molecule has 2 aliphatic rings. The number of hydrogen-bond acceptors (Lipinski definition) is 4. The van der Waals surface area contributed by atoms with Gasteiger partial charge in [0.15, 0.2) is 0 Å². The highest BCUT2D eigenvalue weighted by Gasteiger charge is 2.68. The third-order valence-electron chi connectivity index (χ3n) is 6.28. The van der Waals surface area contributed by atoms with Crippen molar-refractivity contribution in [3.63, 3.8) is 0 Å². The molecule has 2 fully saturated rings. The van der Waals surface area contributed by atoms with Crippen molar-refractivity contribution in [2.75, 3.05) is 7.11 Å². The van der Waals surface area contributed by atoms with Crippen LogP contribution in [-0.4, -0.2) is 30.4 Å². The van der Waals surface area contributed by atoms with E-state index in [0.29, 0.717) is 12.0 Å². The van der Waals surface area contributed by atoms with E-state index < -0.39 is 16.6 Å². The van der Waals surface area contributed by atoms with Gasteiger partial charge in [-0.25, -0.2) is 4.39 Å². The summed E-state index contributed by atoms with van der Waals surface area (Å²) in [5.74, 6) is -0.532. The lowest BCUT2D eigenvalue weighted by Gasteiger charge is -2.39. The Balaban J connectivity index is 1.80. The van der Waals surface area contributed by atoms with Gasteiger partial charge in [-0.3, -0.25) is 4.79 Å². The highest BCUT2D eigenvalue weighted by Crippen LogP contribution is 2.60. The molecule has 4 nitrogen and oxygen atoms in total. The van der Waals surface area contributed by atoms with Crippen molar-refractivity contribution in [3.8, 4) is 0 Å². The molecule has 0 aliphatic carbocycles. The van der Waals surface area contributed by atoms with E-state index in [-0.39, 0.29) is 24.5 Å². The fourth-order valence-electron chi connectivity index (χ4n) is 4.39. The van der Waals surface area contributed by atoms with Crippen LogP contribution >= 0.6 is 0 Å². The molecule has 2 aliphatic heterocycles. The van der Waals surface area contributed by atoms with E-state index in [1.165, 1.54) is 13.2 Å². The summed E-state index contributed by atoms with van der Waals surface area (Å²) in [7, 11) is 1.41. The Morgan fingerprint density at radius 1 is 1.36 bits per heavy atom. The van der Waals surface area contributed by atoms with Gasteiger partial charge in [0.25, 0.3) is 0 Å².